The highest BCUT2D eigenvalue weighted by atomic mass is 16.2. The molecule has 1 amide bonds. The molecule has 2 fully saturated rings. The zero-order valence-electron chi connectivity index (χ0n) is 14.5. The highest BCUT2D eigenvalue weighted by molar-refractivity contribution is 5.79. The Morgan fingerprint density at radius 2 is 2.00 bits per heavy atom. The van der Waals surface area contributed by atoms with Crippen LogP contribution in [-0.2, 0) is 4.79 Å². The van der Waals surface area contributed by atoms with E-state index in [0.717, 1.165) is 58.4 Å². The van der Waals surface area contributed by atoms with Gasteiger partial charge in [-0.05, 0) is 50.8 Å². The van der Waals surface area contributed by atoms with E-state index in [9.17, 15) is 4.79 Å². The van der Waals surface area contributed by atoms with Crippen LogP contribution in [0.3, 0.4) is 0 Å². The predicted molar refractivity (Wildman–Crippen MR) is 91.1 cm³/mol. The molecule has 1 aromatic rings. The van der Waals surface area contributed by atoms with Gasteiger partial charge in [-0.1, -0.05) is 13.8 Å². The summed E-state index contributed by atoms with van der Waals surface area (Å²) in [5.74, 6) is 1.32. The second-order valence-corrected chi connectivity index (χ2v) is 7.54. The average Bonchev–Trinajstić information content (AvgIpc) is 3.09. The maximum absolute atomic E-state index is 12.9. The summed E-state index contributed by atoms with van der Waals surface area (Å²) in [6.07, 6.45) is 8.10. The third-order valence-electron chi connectivity index (χ3n) is 5.17. The highest BCUT2D eigenvalue weighted by Crippen LogP contribution is 2.25. The van der Waals surface area contributed by atoms with Crippen molar-refractivity contribution in [1.29, 1.82) is 0 Å². The van der Waals surface area contributed by atoms with Crippen LogP contribution in [-0.4, -0.2) is 58.2 Å². The molecular weight excluding hydrogens is 288 g/mol. The molecule has 0 aliphatic carbocycles. The van der Waals surface area contributed by atoms with Crippen LogP contribution in [0.15, 0.2) is 18.5 Å². The molecule has 0 spiro atoms. The van der Waals surface area contributed by atoms with Gasteiger partial charge in [-0.3, -0.25) is 9.48 Å². The first-order valence-electron chi connectivity index (χ1n) is 9.13. The number of aromatic nitrogens is 2. The van der Waals surface area contributed by atoms with Crippen LogP contribution >= 0.6 is 0 Å². The Balaban J connectivity index is 1.52. The van der Waals surface area contributed by atoms with E-state index < -0.39 is 0 Å². The van der Waals surface area contributed by atoms with Crippen LogP contribution in [0.1, 0.15) is 45.6 Å². The summed E-state index contributed by atoms with van der Waals surface area (Å²) in [7, 11) is 0. The molecule has 1 atom stereocenters. The molecule has 0 bridgehead atoms. The van der Waals surface area contributed by atoms with Crippen molar-refractivity contribution < 1.29 is 4.79 Å². The van der Waals surface area contributed by atoms with E-state index in [1.807, 2.05) is 23.1 Å². The van der Waals surface area contributed by atoms with Crippen LogP contribution in [0, 0.1) is 11.8 Å². The molecule has 0 unspecified atom stereocenters. The number of likely N-dealkylation sites (tertiary alicyclic amines) is 2. The van der Waals surface area contributed by atoms with Crippen LogP contribution in [0.2, 0.25) is 0 Å². The monoisotopic (exact) mass is 318 g/mol. The number of carbonyl (C=O) groups excluding carboxylic acids is 1. The first-order valence-corrected chi connectivity index (χ1v) is 9.13. The van der Waals surface area contributed by atoms with Gasteiger partial charge < -0.3 is 9.80 Å². The zero-order chi connectivity index (χ0) is 16.2. The van der Waals surface area contributed by atoms with Crippen molar-refractivity contribution in [2.24, 2.45) is 11.8 Å². The minimum absolute atomic E-state index is 0.231. The largest absolute Gasteiger partial charge is 0.340 e. The Bertz CT molecular complexity index is 491. The lowest BCUT2D eigenvalue weighted by atomic mass is 9.93. The third-order valence-corrected chi connectivity index (χ3v) is 5.17. The standard InChI is InChI=1S/C18H30N4O/c1-15(2)13-20-11-6-16(7-12-20)18(23)21-9-3-5-17(14-21)22-10-4-8-19-22/h4,8,10,15-17H,3,5-7,9,11-14H2,1-2H3/t17-/m1/s1. The van der Waals surface area contributed by atoms with E-state index >= 15 is 0 Å². The summed E-state index contributed by atoms with van der Waals surface area (Å²) >= 11 is 0. The number of carbonyl (C=O) groups is 1. The molecule has 2 aliphatic heterocycles. The molecule has 5 nitrogen and oxygen atoms in total. The summed E-state index contributed by atoms with van der Waals surface area (Å²) in [5, 5.41) is 4.36. The highest BCUT2D eigenvalue weighted by Gasteiger charge is 2.31. The molecule has 5 heteroatoms. The number of nitrogens with zero attached hydrogens (tertiary/aromatic N) is 4. The first kappa shape index (κ1) is 16.5. The Morgan fingerprint density at radius 1 is 1.22 bits per heavy atom. The first-order chi connectivity index (χ1) is 11.1. The molecule has 3 heterocycles. The fourth-order valence-electron chi connectivity index (χ4n) is 4.00. The summed E-state index contributed by atoms with van der Waals surface area (Å²) in [5.41, 5.74) is 0. The third kappa shape index (κ3) is 4.14. The molecule has 3 rings (SSSR count). The summed E-state index contributed by atoms with van der Waals surface area (Å²) < 4.78 is 2.02. The summed E-state index contributed by atoms with van der Waals surface area (Å²) in [6.45, 7) is 9.58. The minimum Gasteiger partial charge on any atom is -0.340 e. The van der Waals surface area contributed by atoms with Crippen molar-refractivity contribution in [3.63, 3.8) is 0 Å². The van der Waals surface area contributed by atoms with Gasteiger partial charge in [0.15, 0.2) is 0 Å². The smallest absolute Gasteiger partial charge is 0.225 e. The molecule has 23 heavy (non-hydrogen) atoms. The topological polar surface area (TPSA) is 41.4 Å². The van der Waals surface area contributed by atoms with E-state index in [1.165, 1.54) is 0 Å². The van der Waals surface area contributed by atoms with Crippen LogP contribution in [0.5, 0.6) is 0 Å². The van der Waals surface area contributed by atoms with Gasteiger partial charge in [0.1, 0.15) is 0 Å². The molecule has 1 aromatic heterocycles. The maximum atomic E-state index is 12.9. The molecule has 0 N–H and O–H groups in total. The van der Waals surface area contributed by atoms with Gasteiger partial charge in [0, 0.05) is 37.9 Å². The number of rotatable bonds is 4. The Morgan fingerprint density at radius 3 is 2.65 bits per heavy atom. The Hall–Kier alpha value is -1.36. The molecular formula is C18H30N4O. The second-order valence-electron chi connectivity index (χ2n) is 7.54. The Kier molecular flexibility index (Phi) is 5.36. The molecule has 2 aliphatic rings. The lowest BCUT2D eigenvalue weighted by molar-refractivity contribution is -0.138. The molecule has 0 aromatic carbocycles. The number of piperidine rings is 2. The predicted octanol–water partition coefficient (Wildman–Crippen LogP) is 2.41. The van der Waals surface area contributed by atoms with Gasteiger partial charge in [0.25, 0.3) is 0 Å². The number of hydrogen-bond donors (Lipinski definition) is 0. The van der Waals surface area contributed by atoms with E-state index in [1.54, 1.807) is 0 Å². The van der Waals surface area contributed by atoms with Crippen molar-refractivity contribution >= 4 is 5.91 Å². The fraction of sp³-hybridized carbons (Fsp3) is 0.778. The number of hydrogen-bond acceptors (Lipinski definition) is 3. The molecule has 128 valence electrons. The average molecular weight is 318 g/mol. The van der Waals surface area contributed by atoms with Gasteiger partial charge in [-0.25, -0.2) is 0 Å². The van der Waals surface area contributed by atoms with Crippen LogP contribution in [0.25, 0.3) is 0 Å². The van der Waals surface area contributed by atoms with Crippen molar-refractivity contribution in [2.45, 2.75) is 45.6 Å². The normalized spacial score (nSPS) is 24.3. The van der Waals surface area contributed by atoms with Gasteiger partial charge in [-0.2, -0.15) is 5.10 Å². The molecule has 0 radical (unpaired) electrons. The van der Waals surface area contributed by atoms with E-state index in [2.05, 4.69) is 28.7 Å². The van der Waals surface area contributed by atoms with Crippen LogP contribution in [0.4, 0.5) is 0 Å². The Labute approximate surface area is 139 Å². The summed E-state index contributed by atoms with van der Waals surface area (Å²) in [4.78, 5) is 17.5. The second kappa shape index (κ2) is 7.47. The van der Waals surface area contributed by atoms with E-state index in [0.29, 0.717) is 17.9 Å². The lowest BCUT2D eigenvalue weighted by Gasteiger charge is -2.38. The molecule has 0 saturated carbocycles. The van der Waals surface area contributed by atoms with Crippen molar-refractivity contribution in [3.8, 4) is 0 Å². The maximum Gasteiger partial charge on any atom is 0.225 e. The van der Waals surface area contributed by atoms with E-state index in [-0.39, 0.29) is 5.92 Å². The SMILES string of the molecule is CC(C)CN1CCC(C(=O)N2CCC[C@@H](n3cccn3)C2)CC1. The minimum atomic E-state index is 0.231. The summed E-state index contributed by atoms with van der Waals surface area (Å²) in [6, 6.07) is 2.31. The van der Waals surface area contributed by atoms with Gasteiger partial charge >= 0.3 is 0 Å². The van der Waals surface area contributed by atoms with Gasteiger partial charge in [0.05, 0.1) is 6.04 Å². The van der Waals surface area contributed by atoms with Crippen molar-refractivity contribution in [2.75, 3.05) is 32.7 Å². The zero-order valence-corrected chi connectivity index (χ0v) is 14.5. The van der Waals surface area contributed by atoms with E-state index in [4.69, 9.17) is 0 Å². The van der Waals surface area contributed by atoms with Crippen molar-refractivity contribution in [1.82, 2.24) is 19.6 Å². The van der Waals surface area contributed by atoms with Gasteiger partial charge in [-0.15, -0.1) is 0 Å². The fourth-order valence-corrected chi connectivity index (χ4v) is 4.00. The lowest BCUT2D eigenvalue weighted by Crippen LogP contribution is -2.47. The molecule has 2 saturated heterocycles. The van der Waals surface area contributed by atoms with Crippen LogP contribution < -0.4 is 0 Å². The van der Waals surface area contributed by atoms with Gasteiger partial charge in [0.2, 0.25) is 5.91 Å². The van der Waals surface area contributed by atoms with Crippen molar-refractivity contribution in [3.05, 3.63) is 18.5 Å². The number of amides is 1. The quantitative estimate of drug-likeness (QED) is 0.856.